The Morgan fingerprint density at radius 3 is 2.19 bits per heavy atom. The van der Waals surface area contributed by atoms with Crippen molar-refractivity contribution >= 4 is 17.7 Å². The number of rotatable bonds is 4. The standard InChI is InChI=1S/C9H14N4O3/c1-9(2,8(11)16)5-13-7(15)6(14)12-4-3-10/h4-5H2,1-2H3,(H2,11,16)(H,12,14)(H,13,15). The summed E-state index contributed by atoms with van der Waals surface area (Å²) < 4.78 is 0. The normalized spacial score (nSPS) is 10.1. The molecule has 0 bridgehead atoms. The quantitative estimate of drug-likeness (QED) is 0.388. The minimum absolute atomic E-state index is 0.0405. The van der Waals surface area contributed by atoms with Gasteiger partial charge < -0.3 is 16.4 Å². The van der Waals surface area contributed by atoms with Crippen LogP contribution in [0.15, 0.2) is 0 Å². The lowest BCUT2D eigenvalue weighted by Gasteiger charge is -2.20. The molecule has 7 nitrogen and oxygen atoms in total. The Labute approximate surface area is 93.0 Å². The first kappa shape index (κ1) is 13.9. The Kier molecular flexibility index (Phi) is 4.95. The van der Waals surface area contributed by atoms with Crippen LogP contribution in [0.5, 0.6) is 0 Å². The number of carbonyl (C=O) groups excluding carboxylic acids is 3. The third kappa shape index (κ3) is 4.41. The van der Waals surface area contributed by atoms with E-state index in [4.69, 9.17) is 11.0 Å². The third-order valence-corrected chi connectivity index (χ3v) is 1.89. The lowest BCUT2D eigenvalue weighted by Crippen LogP contribution is -2.47. The summed E-state index contributed by atoms with van der Waals surface area (Å²) in [7, 11) is 0. The monoisotopic (exact) mass is 226 g/mol. The zero-order valence-electron chi connectivity index (χ0n) is 9.16. The maximum atomic E-state index is 11.1. The maximum absolute atomic E-state index is 11.1. The summed E-state index contributed by atoms with van der Waals surface area (Å²) in [6.07, 6.45) is 0. The van der Waals surface area contributed by atoms with Crippen molar-refractivity contribution < 1.29 is 14.4 Å². The first-order valence-corrected chi connectivity index (χ1v) is 4.54. The Morgan fingerprint density at radius 1 is 1.25 bits per heavy atom. The lowest BCUT2D eigenvalue weighted by molar-refractivity contribution is -0.139. The molecular formula is C9H14N4O3. The van der Waals surface area contributed by atoms with Crippen molar-refractivity contribution in [2.24, 2.45) is 11.1 Å². The highest BCUT2D eigenvalue weighted by Crippen LogP contribution is 2.11. The number of carbonyl (C=O) groups is 3. The molecule has 0 rings (SSSR count). The molecule has 0 aromatic heterocycles. The van der Waals surface area contributed by atoms with Crippen LogP contribution in [0.2, 0.25) is 0 Å². The van der Waals surface area contributed by atoms with Gasteiger partial charge in [-0.25, -0.2) is 0 Å². The largest absolute Gasteiger partial charge is 0.369 e. The van der Waals surface area contributed by atoms with Crippen LogP contribution in [-0.2, 0) is 14.4 Å². The summed E-state index contributed by atoms with van der Waals surface area (Å²) in [5.41, 5.74) is 4.15. The van der Waals surface area contributed by atoms with Crippen LogP contribution in [0.3, 0.4) is 0 Å². The highest BCUT2D eigenvalue weighted by atomic mass is 16.2. The van der Waals surface area contributed by atoms with Gasteiger partial charge in [-0.2, -0.15) is 5.26 Å². The number of nitriles is 1. The molecular weight excluding hydrogens is 212 g/mol. The number of nitrogens with two attached hydrogens (primary N) is 1. The molecule has 0 heterocycles. The van der Waals surface area contributed by atoms with E-state index in [1.54, 1.807) is 19.9 Å². The first-order valence-electron chi connectivity index (χ1n) is 4.54. The number of hydrogen-bond donors (Lipinski definition) is 3. The van der Waals surface area contributed by atoms with E-state index in [-0.39, 0.29) is 13.1 Å². The van der Waals surface area contributed by atoms with E-state index in [9.17, 15) is 14.4 Å². The van der Waals surface area contributed by atoms with Gasteiger partial charge in [-0.3, -0.25) is 14.4 Å². The van der Waals surface area contributed by atoms with Crippen molar-refractivity contribution in [3.63, 3.8) is 0 Å². The van der Waals surface area contributed by atoms with E-state index in [1.807, 2.05) is 0 Å². The zero-order chi connectivity index (χ0) is 12.8. The van der Waals surface area contributed by atoms with Crippen LogP contribution in [0.1, 0.15) is 13.8 Å². The Hall–Kier alpha value is -2.10. The molecule has 7 heteroatoms. The van der Waals surface area contributed by atoms with E-state index in [0.717, 1.165) is 0 Å². The molecule has 4 N–H and O–H groups in total. The van der Waals surface area contributed by atoms with Gasteiger partial charge in [-0.1, -0.05) is 0 Å². The van der Waals surface area contributed by atoms with Crippen molar-refractivity contribution in [2.75, 3.05) is 13.1 Å². The molecule has 0 unspecified atom stereocenters. The molecule has 0 aromatic rings. The molecule has 0 aliphatic rings. The number of amides is 3. The van der Waals surface area contributed by atoms with Crippen LogP contribution in [0, 0.1) is 16.7 Å². The van der Waals surface area contributed by atoms with E-state index >= 15 is 0 Å². The van der Waals surface area contributed by atoms with Gasteiger partial charge in [0.05, 0.1) is 11.5 Å². The molecule has 0 radical (unpaired) electrons. The highest BCUT2D eigenvalue weighted by Gasteiger charge is 2.26. The molecule has 0 aromatic carbocycles. The Bertz CT molecular complexity index is 343. The first-order chi connectivity index (χ1) is 7.31. The molecule has 0 atom stereocenters. The van der Waals surface area contributed by atoms with Crippen molar-refractivity contribution in [2.45, 2.75) is 13.8 Å². The summed E-state index contributed by atoms with van der Waals surface area (Å²) in [4.78, 5) is 33.0. The molecule has 16 heavy (non-hydrogen) atoms. The van der Waals surface area contributed by atoms with E-state index in [0.29, 0.717) is 0 Å². The number of hydrogen-bond acceptors (Lipinski definition) is 4. The SMILES string of the molecule is CC(C)(CNC(=O)C(=O)NCC#N)C(N)=O. The molecule has 88 valence electrons. The average molecular weight is 226 g/mol. The smallest absolute Gasteiger partial charge is 0.310 e. The number of nitrogens with zero attached hydrogens (tertiary/aromatic N) is 1. The van der Waals surface area contributed by atoms with Gasteiger partial charge in [0.2, 0.25) is 5.91 Å². The maximum Gasteiger partial charge on any atom is 0.310 e. The predicted octanol–water partition coefficient (Wildman–Crippen LogP) is -1.75. The second-order valence-electron chi connectivity index (χ2n) is 3.77. The second kappa shape index (κ2) is 5.70. The van der Waals surface area contributed by atoms with Crippen molar-refractivity contribution in [3.05, 3.63) is 0 Å². The van der Waals surface area contributed by atoms with Crippen molar-refractivity contribution in [1.82, 2.24) is 10.6 Å². The van der Waals surface area contributed by atoms with Crippen LogP contribution in [0.4, 0.5) is 0 Å². The van der Waals surface area contributed by atoms with Gasteiger partial charge in [0.1, 0.15) is 6.54 Å². The summed E-state index contributed by atoms with van der Waals surface area (Å²) in [5, 5.41) is 12.5. The number of nitrogens with one attached hydrogen (secondary N) is 2. The molecule has 0 saturated carbocycles. The summed E-state index contributed by atoms with van der Waals surface area (Å²) in [5.74, 6) is -2.39. The fraction of sp³-hybridized carbons (Fsp3) is 0.556. The second-order valence-corrected chi connectivity index (χ2v) is 3.77. The highest BCUT2D eigenvalue weighted by molar-refractivity contribution is 6.35. The van der Waals surface area contributed by atoms with E-state index < -0.39 is 23.1 Å². The molecule has 0 spiro atoms. The fourth-order valence-corrected chi connectivity index (χ4v) is 0.669. The predicted molar refractivity (Wildman–Crippen MR) is 54.6 cm³/mol. The van der Waals surface area contributed by atoms with Crippen molar-refractivity contribution in [1.29, 1.82) is 5.26 Å². The van der Waals surface area contributed by atoms with Gasteiger partial charge >= 0.3 is 11.8 Å². The van der Waals surface area contributed by atoms with Crippen LogP contribution < -0.4 is 16.4 Å². The van der Waals surface area contributed by atoms with Crippen LogP contribution >= 0.6 is 0 Å². The Balaban J connectivity index is 4.13. The molecule has 0 aliphatic heterocycles. The van der Waals surface area contributed by atoms with Crippen LogP contribution in [-0.4, -0.2) is 30.8 Å². The molecule has 0 saturated heterocycles. The fourth-order valence-electron chi connectivity index (χ4n) is 0.669. The van der Waals surface area contributed by atoms with Crippen LogP contribution in [0.25, 0.3) is 0 Å². The van der Waals surface area contributed by atoms with Gasteiger partial charge in [0.15, 0.2) is 0 Å². The van der Waals surface area contributed by atoms with Gasteiger partial charge in [-0.15, -0.1) is 0 Å². The van der Waals surface area contributed by atoms with E-state index in [2.05, 4.69) is 10.6 Å². The summed E-state index contributed by atoms with van der Waals surface area (Å²) in [6.45, 7) is 2.80. The summed E-state index contributed by atoms with van der Waals surface area (Å²) >= 11 is 0. The molecule has 3 amide bonds. The minimum atomic E-state index is -0.925. The van der Waals surface area contributed by atoms with Gasteiger partial charge in [0, 0.05) is 6.54 Å². The zero-order valence-corrected chi connectivity index (χ0v) is 9.16. The van der Waals surface area contributed by atoms with Gasteiger partial charge in [-0.05, 0) is 13.8 Å². The van der Waals surface area contributed by atoms with Crippen molar-refractivity contribution in [3.8, 4) is 6.07 Å². The third-order valence-electron chi connectivity index (χ3n) is 1.89. The number of primary amides is 1. The lowest BCUT2D eigenvalue weighted by atomic mass is 9.93. The Morgan fingerprint density at radius 2 is 1.75 bits per heavy atom. The average Bonchev–Trinajstić information content (AvgIpc) is 2.22. The molecule has 0 fully saturated rings. The topological polar surface area (TPSA) is 125 Å². The van der Waals surface area contributed by atoms with Gasteiger partial charge in [0.25, 0.3) is 0 Å². The molecule has 0 aliphatic carbocycles. The minimum Gasteiger partial charge on any atom is -0.369 e. The van der Waals surface area contributed by atoms with E-state index in [1.165, 1.54) is 0 Å². The summed E-state index contributed by atoms with van der Waals surface area (Å²) in [6, 6.07) is 1.66.